The third kappa shape index (κ3) is 3.33. The maximum atomic E-state index is 12.8. The van der Waals surface area contributed by atoms with E-state index in [1.807, 2.05) is 28.9 Å². The van der Waals surface area contributed by atoms with Crippen molar-refractivity contribution >= 4 is 5.91 Å². The standard InChI is InChI=1S/C16H26N4O2/c1-12-6-17-20(7-12)10-14-9-19(4-5-22-14)16(21)15-11-18(3)8-13(15)2/h6-7,13-15H,4-5,8-11H2,1-3H3/t13-,14+,15+/m1/s1. The Morgan fingerprint density at radius 2 is 2.23 bits per heavy atom. The Morgan fingerprint density at radius 1 is 1.41 bits per heavy atom. The highest BCUT2D eigenvalue weighted by Gasteiger charge is 2.37. The van der Waals surface area contributed by atoms with Crippen LogP contribution in [0.2, 0.25) is 0 Å². The SMILES string of the molecule is Cc1cnn(C[C@@H]2CN(C(=O)[C@H]3CN(C)C[C@H]3C)CCO2)c1. The molecular formula is C16H26N4O2. The number of carbonyl (C=O) groups is 1. The molecule has 2 fully saturated rings. The smallest absolute Gasteiger partial charge is 0.227 e. The van der Waals surface area contributed by atoms with Gasteiger partial charge in [0.15, 0.2) is 0 Å². The van der Waals surface area contributed by atoms with Crippen molar-refractivity contribution in [2.24, 2.45) is 11.8 Å². The highest BCUT2D eigenvalue weighted by atomic mass is 16.5. The number of hydrogen-bond donors (Lipinski definition) is 0. The number of ether oxygens (including phenoxy) is 1. The first-order valence-electron chi connectivity index (χ1n) is 8.11. The van der Waals surface area contributed by atoms with Gasteiger partial charge in [0.1, 0.15) is 0 Å². The van der Waals surface area contributed by atoms with Gasteiger partial charge in [0.2, 0.25) is 5.91 Å². The first kappa shape index (κ1) is 15.5. The third-order valence-electron chi connectivity index (χ3n) is 4.72. The number of carbonyl (C=O) groups excluding carboxylic acids is 1. The summed E-state index contributed by atoms with van der Waals surface area (Å²) in [6, 6.07) is 0. The van der Waals surface area contributed by atoms with Crippen LogP contribution in [0.4, 0.5) is 0 Å². The van der Waals surface area contributed by atoms with Crippen molar-refractivity contribution in [3.8, 4) is 0 Å². The van der Waals surface area contributed by atoms with Gasteiger partial charge in [-0.25, -0.2) is 0 Å². The van der Waals surface area contributed by atoms with E-state index in [4.69, 9.17) is 4.74 Å². The number of aromatic nitrogens is 2. The summed E-state index contributed by atoms with van der Waals surface area (Å²) in [4.78, 5) is 17.0. The second-order valence-corrected chi connectivity index (χ2v) is 6.82. The fourth-order valence-corrected chi connectivity index (χ4v) is 3.57. The Balaban J connectivity index is 1.59. The van der Waals surface area contributed by atoms with Gasteiger partial charge < -0.3 is 14.5 Å². The summed E-state index contributed by atoms with van der Waals surface area (Å²) in [5.74, 6) is 0.866. The zero-order valence-corrected chi connectivity index (χ0v) is 13.7. The highest BCUT2D eigenvalue weighted by Crippen LogP contribution is 2.24. The van der Waals surface area contributed by atoms with Crippen LogP contribution in [0.15, 0.2) is 12.4 Å². The second kappa shape index (κ2) is 6.38. The lowest BCUT2D eigenvalue weighted by atomic mass is 9.96. The van der Waals surface area contributed by atoms with Gasteiger partial charge in [-0.3, -0.25) is 9.48 Å². The minimum atomic E-state index is 0.0337. The molecule has 0 aliphatic carbocycles. The molecule has 3 heterocycles. The Labute approximate surface area is 132 Å². The van der Waals surface area contributed by atoms with Gasteiger partial charge in [-0.05, 0) is 25.5 Å². The van der Waals surface area contributed by atoms with Crippen molar-refractivity contribution in [2.45, 2.75) is 26.5 Å². The molecule has 0 N–H and O–H groups in total. The van der Waals surface area contributed by atoms with E-state index in [1.54, 1.807) is 0 Å². The van der Waals surface area contributed by atoms with Crippen LogP contribution in [0, 0.1) is 18.8 Å². The van der Waals surface area contributed by atoms with Gasteiger partial charge in [0, 0.05) is 32.4 Å². The fraction of sp³-hybridized carbons (Fsp3) is 0.750. The van der Waals surface area contributed by atoms with Crippen molar-refractivity contribution in [1.82, 2.24) is 19.6 Å². The summed E-state index contributed by atoms with van der Waals surface area (Å²) in [5, 5.41) is 4.31. The Hall–Kier alpha value is -1.40. The van der Waals surface area contributed by atoms with Gasteiger partial charge in [0.05, 0.1) is 31.4 Å². The van der Waals surface area contributed by atoms with Gasteiger partial charge in [-0.15, -0.1) is 0 Å². The summed E-state index contributed by atoms with van der Waals surface area (Å²) in [6.45, 7) is 8.79. The van der Waals surface area contributed by atoms with Crippen LogP contribution in [0.25, 0.3) is 0 Å². The minimum absolute atomic E-state index is 0.0337. The summed E-state index contributed by atoms with van der Waals surface area (Å²) in [6.07, 6.45) is 3.89. The molecule has 6 heteroatoms. The van der Waals surface area contributed by atoms with E-state index in [-0.39, 0.29) is 12.0 Å². The van der Waals surface area contributed by atoms with Crippen LogP contribution in [-0.4, -0.2) is 71.4 Å². The lowest BCUT2D eigenvalue weighted by Gasteiger charge is -2.35. The van der Waals surface area contributed by atoms with E-state index < -0.39 is 0 Å². The van der Waals surface area contributed by atoms with E-state index >= 15 is 0 Å². The van der Waals surface area contributed by atoms with Gasteiger partial charge in [-0.1, -0.05) is 6.92 Å². The zero-order valence-electron chi connectivity index (χ0n) is 13.7. The summed E-state index contributed by atoms with van der Waals surface area (Å²) < 4.78 is 7.72. The maximum absolute atomic E-state index is 12.8. The molecular weight excluding hydrogens is 280 g/mol. The summed E-state index contributed by atoms with van der Waals surface area (Å²) in [7, 11) is 2.09. The number of morpholine rings is 1. The molecule has 1 amide bonds. The normalized spacial score (nSPS) is 30.0. The molecule has 0 saturated carbocycles. The number of rotatable bonds is 3. The van der Waals surface area contributed by atoms with E-state index in [9.17, 15) is 4.79 Å². The zero-order chi connectivity index (χ0) is 15.7. The minimum Gasteiger partial charge on any atom is -0.373 e. The fourth-order valence-electron chi connectivity index (χ4n) is 3.57. The van der Waals surface area contributed by atoms with E-state index in [2.05, 4.69) is 24.0 Å². The Kier molecular flexibility index (Phi) is 4.49. The van der Waals surface area contributed by atoms with E-state index in [0.717, 1.165) is 18.7 Å². The molecule has 2 saturated heterocycles. The Morgan fingerprint density at radius 3 is 2.86 bits per heavy atom. The number of aryl methyl sites for hydroxylation is 1. The van der Waals surface area contributed by atoms with Gasteiger partial charge >= 0.3 is 0 Å². The number of hydrogen-bond acceptors (Lipinski definition) is 4. The monoisotopic (exact) mass is 306 g/mol. The molecule has 1 aromatic heterocycles. The average Bonchev–Trinajstić information content (AvgIpc) is 3.04. The van der Waals surface area contributed by atoms with Crippen LogP contribution in [0.1, 0.15) is 12.5 Å². The van der Waals surface area contributed by atoms with Crippen LogP contribution in [0.5, 0.6) is 0 Å². The molecule has 0 aromatic carbocycles. The van der Waals surface area contributed by atoms with Crippen molar-refractivity contribution in [3.05, 3.63) is 18.0 Å². The van der Waals surface area contributed by atoms with Crippen molar-refractivity contribution < 1.29 is 9.53 Å². The van der Waals surface area contributed by atoms with Crippen molar-refractivity contribution in [2.75, 3.05) is 39.8 Å². The van der Waals surface area contributed by atoms with Crippen LogP contribution in [0.3, 0.4) is 0 Å². The molecule has 3 atom stereocenters. The lowest BCUT2D eigenvalue weighted by Crippen LogP contribution is -2.50. The number of nitrogens with zero attached hydrogens (tertiary/aromatic N) is 4. The first-order valence-corrected chi connectivity index (χ1v) is 8.11. The van der Waals surface area contributed by atoms with Crippen molar-refractivity contribution in [3.63, 3.8) is 0 Å². The number of amides is 1. The molecule has 0 unspecified atom stereocenters. The molecule has 3 rings (SSSR count). The van der Waals surface area contributed by atoms with Crippen LogP contribution < -0.4 is 0 Å². The van der Waals surface area contributed by atoms with Crippen LogP contribution >= 0.6 is 0 Å². The average molecular weight is 306 g/mol. The predicted octanol–water partition coefficient (Wildman–Crippen LogP) is 0.617. The Bertz CT molecular complexity index is 530. The largest absolute Gasteiger partial charge is 0.373 e. The third-order valence-corrected chi connectivity index (χ3v) is 4.72. The predicted molar refractivity (Wildman–Crippen MR) is 83.4 cm³/mol. The topological polar surface area (TPSA) is 50.6 Å². The first-order chi connectivity index (χ1) is 10.5. The molecule has 1 aromatic rings. The molecule has 6 nitrogen and oxygen atoms in total. The molecule has 22 heavy (non-hydrogen) atoms. The number of likely N-dealkylation sites (tertiary alicyclic amines) is 1. The summed E-state index contributed by atoms with van der Waals surface area (Å²) >= 11 is 0. The van der Waals surface area contributed by atoms with E-state index in [0.29, 0.717) is 38.1 Å². The maximum Gasteiger partial charge on any atom is 0.227 e. The quantitative estimate of drug-likeness (QED) is 0.821. The molecule has 122 valence electrons. The molecule has 0 radical (unpaired) electrons. The van der Waals surface area contributed by atoms with Crippen molar-refractivity contribution in [1.29, 1.82) is 0 Å². The molecule has 2 aliphatic rings. The molecule has 2 aliphatic heterocycles. The molecule has 0 bridgehead atoms. The van der Waals surface area contributed by atoms with Gasteiger partial charge in [0.25, 0.3) is 0 Å². The second-order valence-electron chi connectivity index (χ2n) is 6.82. The lowest BCUT2D eigenvalue weighted by molar-refractivity contribution is -0.144. The molecule has 0 spiro atoms. The van der Waals surface area contributed by atoms with Crippen LogP contribution in [-0.2, 0) is 16.1 Å². The highest BCUT2D eigenvalue weighted by molar-refractivity contribution is 5.79. The van der Waals surface area contributed by atoms with Gasteiger partial charge in [-0.2, -0.15) is 5.10 Å². The summed E-state index contributed by atoms with van der Waals surface area (Å²) in [5.41, 5.74) is 1.14. The van der Waals surface area contributed by atoms with E-state index in [1.165, 1.54) is 0 Å².